The third-order valence-electron chi connectivity index (χ3n) is 4.04. The lowest BCUT2D eigenvalue weighted by molar-refractivity contribution is 0.0668. The Morgan fingerprint density at radius 3 is 2.73 bits per heavy atom. The largest absolute Gasteiger partial charge is 0.491 e. The van der Waals surface area contributed by atoms with E-state index in [1.807, 2.05) is 39.0 Å². The Bertz CT molecular complexity index is 786. The third kappa shape index (κ3) is 8.42. The maximum Gasteiger partial charge on any atom is 0.319 e. The standard InChI is InChI=1S/C20H29F2N5O2.HI/c1-4-23-20(26-14-18-24-8-9-27(18)19(21)22)25-13-16-7-6-15(3)12-17(16)29-11-10-28-5-2;/h6-9,12,19H,4-5,10-11,13-14H2,1-3H3,(H2,23,25,26);1H. The summed E-state index contributed by atoms with van der Waals surface area (Å²) in [6.45, 7) is 6.03. The van der Waals surface area contributed by atoms with Crippen LogP contribution in [-0.2, 0) is 17.8 Å². The molecule has 0 bridgehead atoms. The Morgan fingerprint density at radius 1 is 1.23 bits per heavy atom. The monoisotopic (exact) mass is 537 g/mol. The molecule has 2 aromatic rings. The summed E-state index contributed by atoms with van der Waals surface area (Å²) in [4.78, 5) is 8.52. The molecule has 168 valence electrons. The summed E-state index contributed by atoms with van der Waals surface area (Å²) in [5.74, 6) is 1.51. The average Bonchev–Trinajstić information content (AvgIpc) is 3.17. The van der Waals surface area contributed by atoms with E-state index in [9.17, 15) is 8.78 Å². The number of hydrogen-bond acceptors (Lipinski definition) is 4. The molecule has 10 heteroatoms. The van der Waals surface area contributed by atoms with Crippen molar-refractivity contribution in [3.63, 3.8) is 0 Å². The zero-order valence-electron chi connectivity index (χ0n) is 17.5. The maximum atomic E-state index is 13.0. The molecule has 0 unspecified atom stereocenters. The second-order valence-electron chi connectivity index (χ2n) is 6.23. The van der Waals surface area contributed by atoms with Crippen molar-refractivity contribution in [2.24, 2.45) is 4.99 Å². The first-order chi connectivity index (χ1) is 14.0. The van der Waals surface area contributed by atoms with Crippen LogP contribution in [0.1, 0.15) is 37.3 Å². The van der Waals surface area contributed by atoms with Gasteiger partial charge in [-0.3, -0.25) is 4.57 Å². The van der Waals surface area contributed by atoms with Gasteiger partial charge in [0.25, 0.3) is 0 Å². The second-order valence-corrected chi connectivity index (χ2v) is 6.23. The van der Waals surface area contributed by atoms with Crippen molar-refractivity contribution >= 4 is 29.9 Å². The first kappa shape index (κ1) is 26.1. The van der Waals surface area contributed by atoms with Crippen LogP contribution in [0.4, 0.5) is 8.78 Å². The lowest BCUT2D eigenvalue weighted by atomic mass is 10.1. The third-order valence-corrected chi connectivity index (χ3v) is 4.04. The van der Waals surface area contributed by atoms with Crippen LogP contribution in [0.15, 0.2) is 35.6 Å². The molecule has 0 atom stereocenters. The number of aromatic nitrogens is 2. The summed E-state index contributed by atoms with van der Waals surface area (Å²) in [5.41, 5.74) is 2.02. The number of imidazole rings is 1. The molecule has 0 aliphatic heterocycles. The number of aryl methyl sites for hydroxylation is 1. The van der Waals surface area contributed by atoms with E-state index < -0.39 is 6.55 Å². The number of hydrogen-bond donors (Lipinski definition) is 2. The van der Waals surface area contributed by atoms with Gasteiger partial charge in [0.05, 0.1) is 19.7 Å². The average molecular weight is 537 g/mol. The second kappa shape index (κ2) is 14.1. The molecule has 2 rings (SSSR count). The molecule has 0 saturated heterocycles. The molecular formula is C20H30F2IN5O2. The summed E-state index contributed by atoms with van der Waals surface area (Å²) in [5, 5.41) is 6.15. The number of halogens is 3. The molecule has 1 aromatic heterocycles. The first-order valence-electron chi connectivity index (χ1n) is 9.67. The summed E-state index contributed by atoms with van der Waals surface area (Å²) >= 11 is 0. The normalized spacial score (nSPS) is 11.3. The number of nitrogens with one attached hydrogen (secondary N) is 2. The molecular weight excluding hydrogens is 507 g/mol. The fourth-order valence-corrected chi connectivity index (χ4v) is 2.61. The molecule has 1 heterocycles. The van der Waals surface area contributed by atoms with E-state index in [1.165, 1.54) is 12.4 Å². The Hall–Kier alpha value is -1.95. The van der Waals surface area contributed by atoms with E-state index in [-0.39, 0.29) is 36.3 Å². The van der Waals surface area contributed by atoms with Crippen LogP contribution in [0, 0.1) is 6.92 Å². The lowest BCUT2D eigenvalue weighted by Crippen LogP contribution is -2.37. The number of aliphatic imine (C=N–C) groups is 1. The molecule has 0 aliphatic rings. The van der Waals surface area contributed by atoms with Gasteiger partial charge in [-0.1, -0.05) is 12.1 Å². The van der Waals surface area contributed by atoms with Gasteiger partial charge in [-0.25, -0.2) is 9.98 Å². The van der Waals surface area contributed by atoms with Crippen LogP contribution in [-0.4, -0.2) is 41.9 Å². The van der Waals surface area contributed by atoms with Gasteiger partial charge in [-0.05, 0) is 32.4 Å². The van der Waals surface area contributed by atoms with Gasteiger partial charge < -0.3 is 20.1 Å². The van der Waals surface area contributed by atoms with E-state index in [1.54, 1.807) is 0 Å². The van der Waals surface area contributed by atoms with Gasteiger partial charge in [0, 0.05) is 31.1 Å². The van der Waals surface area contributed by atoms with Gasteiger partial charge in [-0.15, -0.1) is 24.0 Å². The highest BCUT2D eigenvalue weighted by atomic mass is 127. The quantitative estimate of drug-likeness (QED) is 0.197. The van der Waals surface area contributed by atoms with Crippen molar-refractivity contribution in [2.75, 3.05) is 26.4 Å². The van der Waals surface area contributed by atoms with Crippen LogP contribution in [0.3, 0.4) is 0 Å². The number of ether oxygens (including phenoxy) is 2. The van der Waals surface area contributed by atoms with Crippen molar-refractivity contribution in [3.05, 3.63) is 47.5 Å². The molecule has 0 saturated carbocycles. The van der Waals surface area contributed by atoms with E-state index in [4.69, 9.17) is 9.47 Å². The van der Waals surface area contributed by atoms with Crippen LogP contribution >= 0.6 is 24.0 Å². The van der Waals surface area contributed by atoms with E-state index >= 15 is 0 Å². The fourth-order valence-electron chi connectivity index (χ4n) is 2.61. The molecule has 0 aliphatic carbocycles. The molecule has 7 nitrogen and oxygen atoms in total. The zero-order valence-corrected chi connectivity index (χ0v) is 19.9. The Labute approximate surface area is 193 Å². The Balaban J connectivity index is 0.00000450. The Morgan fingerprint density at radius 2 is 2.03 bits per heavy atom. The molecule has 1 aromatic carbocycles. The minimum absolute atomic E-state index is 0. The first-order valence-corrected chi connectivity index (χ1v) is 9.67. The van der Waals surface area contributed by atoms with Crippen LogP contribution in [0.25, 0.3) is 0 Å². The van der Waals surface area contributed by atoms with Gasteiger partial charge in [0.15, 0.2) is 5.96 Å². The molecule has 0 fully saturated rings. The predicted molar refractivity (Wildman–Crippen MR) is 124 cm³/mol. The zero-order chi connectivity index (χ0) is 21.1. The molecule has 0 spiro atoms. The number of guanidine groups is 1. The summed E-state index contributed by atoms with van der Waals surface area (Å²) in [6.07, 6.45) is 2.61. The minimum atomic E-state index is -2.63. The summed E-state index contributed by atoms with van der Waals surface area (Å²) in [7, 11) is 0. The van der Waals surface area contributed by atoms with Crippen molar-refractivity contribution < 1.29 is 18.3 Å². The molecule has 30 heavy (non-hydrogen) atoms. The number of benzene rings is 1. The molecule has 0 radical (unpaired) electrons. The van der Waals surface area contributed by atoms with Gasteiger partial charge in [0.2, 0.25) is 0 Å². The van der Waals surface area contributed by atoms with Gasteiger partial charge in [0.1, 0.15) is 18.2 Å². The molecule has 2 N–H and O–H groups in total. The topological polar surface area (TPSA) is 72.7 Å². The highest BCUT2D eigenvalue weighted by Crippen LogP contribution is 2.21. The van der Waals surface area contributed by atoms with Crippen molar-refractivity contribution in [1.82, 2.24) is 20.2 Å². The van der Waals surface area contributed by atoms with Gasteiger partial charge in [-0.2, -0.15) is 8.78 Å². The highest BCUT2D eigenvalue weighted by Gasteiger charge is 2.12. The number of nitrogens with zero attached hydrogens (tertiary/aromatic N) is 3. The highest BCUT2D eigenvalue weighted by molar-refractivity contribution is 14.0. The van der Waals surface area contributed by atoms with Gasteiger partial charge >= 0.3 is 6.55 Å². The van der Waals surface area contributed by atoms with E-state index in [0.717, 1.165) is 21.4 Å². The fraction of sp³-hybridized carbons (Fsp3) is 0.500. The van der Waals surface area contributed by atoms with Crippen LogP contribution < -0.4 is 15.4 Å². The number of alkyl halides is 2. The van der Waals surface area contributed by atoms with E-state index in [2.05, 4.69) is 20.6 Å². The predicted octanol–water partition coefficient (Wildman–Crippen LogP) is 3.88. The maximum absolute atomic E-state index is 13.0. The Kier molecular flexibility index (Phi) is 12.3. The summed E-state index contributed by atoms with van der Waals surface area (Å²) in [6, 6.07) is 5.94. The van der Waals surface area contributed by atoms with Crippen LogP contribution in [0.5, 0.6) is 5.75 Å². The van der Waals surface area contributed by atoms with Crippen molar-refractivity contribution in [2.45, 2.75) is 40.4 Å². The minimum Gasteiger partial charge on any atom is -0.491 e. The number of rotatable bonds is 11. The lowest BCUT2D eigenvalue weighted by Gasteiger charge is -2.14. The van der Waals surface area contributed by atoms with Crippen molar-refractivity contribution in [1.29, 1.82) is 0 Å². The van der Waals surface area contributed by atoms with Crippen molar-refractivity contribution in [3.8, 4) is 5.75 Å². The SMILES string of the molecule is CCNC(=NCc1ccc(C)cc1OCCOCC)NCc1nccn1C(F)F.I. The van der Waals surface area contributed by atoms with E-state index in [0.29, 0.717) is 38.9 Å². The summed E-state index contributed by atoms with van der Waals surface area (Å²) < 4.78 is 37.9. The molecule has 0 amide bonds. The smallest absolute Gasteiger partial charge is 0.319 e. The van der Waals surface area contributed by atoms with Crippen LogP contribution in [0.2, 0.25) is 0 Å².